The van der Waals surface area contributed by atoms with Crippen LogP contribution in [0.3, 0.4) is 0 Å². The van der Waals surface area contributed by atoms with Gasteiger partial charge in [0, 0.05) is 0 Å². The summed E-state index contributed by atoms with van der Waals surface area (Å²) in [5.74, 6) is -2.28. The van der Waals surface area contributed by atoms with Crippen molar-refractivity contribution in [3.63, 3.8) is 0 Å². The average molecular weight is 256 g/mol. The first-order chi connectivity index (χ1) is 7.79. The summed E-state index contributed by atoms with van der Waals surface area (Å²) < 4.78 is 64.6. The summed E-state index contributed by atoms with van der Waals surface area (Å²) in [4.78, 5) is 0. The molecule has 1 aromatic carbocycles. The predicted octanol–water partition coefficient (Wildman–Crippen LogP) is 2.58. The molecule has 0 saturated heterocycles. The van der Waals surface area contributed by atoms with Crippen LogP contribution in [-0.2, 0) is 4.74 Å². The molecule has 0 saturated carbocycles. The average Bonchev–Trinajstić information content (AvgIpc) is 2.20. The second-order valence-electron chi connectivity index (χ2n) is 3.32. The Balaban J connectivity index is 2.52. The molecule has 7 heteroatoms. The summed E-state index contributed by atoms with van der Waals surface area (Å²) in [6.07, 6.45) is -5.93. The molecule has 17 heavy (non-hydrogen) atoms. The largest absolute Gasteiger partial charge is 0.411 e. The molecular weight excluding hydrogens is 247 g/mol. The fraction of sp³-hybridized carbons (Fsp3) is 0.400. The van der Waals surface area contributed by atoms with Gasteiger partial charge in [-0.2, -0.15) is 13.2 Å². The second-order valence-corrected chi connectivity index (χ2v) is 3.32. The SMILES string of the molecule is OC(COCC(F)(F)F)c1ccc(F)c(F)c1. The molecule has 0 aliphatic heterocycles. The predicted molar refractivity (Wildman–Crippen MR) is 48.2 cm³/mol. The summed E-state index contributed by atoms with van der Waals surface area (Å²) in [5, 5.41) is 9.35. The van der Waals surface area contributed by atoms with Crippen LogP contribution in [0.15, 0.2) is 18.2 Å². The number of hydrogen-bond acceptors (Lipinski definition) is 2. The molecule has 1 atom stereocenters. The Morgan fingerprint density at radius 1 is 1.18 bits per heavy atom. The first-order valence-electron chi connectivity index (χ1n) is 4.57. The van der Waals surface area contributed by atoms with Crippen molar-refractivity contribution in [1.82, 2.24) is 0 Å². The monoisotopic (exact) mass is 256 g/mol. The van der Waals surface area contributed by atoms with E-state index in [1.54, 1.807) is 0 Å². The van der Waals surface area contributed by atoms with E-state index in [0.29, 0.717) is 6.07 Å². The van der Waals surface area contributed by atoms with Crippen LogP contribution < -0.4 is 0 Å². The summed E-state index contributed by atoms with van der Waals surface area (Å²) >= 11 is 0. The van der Waals surface area contributed by atoms with Gasteiger partial charge < -0.3 is 9.84 Å². The van der Waals surface area contributed by atoms with Crippen LogP contribution in [0.4, 0.5) is 22.0 Å². The zero-order valence-corrected chi connectivity index (χ0v) is 8.47. The Labute approximate surface area is 93.6 Å². The highest BCUT2D eigenvalue weighted by Gasteiger charge is 2.27. The molecule has 0 spiro atoms. The lowest BCUT2D eigenvalue weighted by molar-refractivity contribution is -0.179. The number of hydrogen-bond donors (Lipinski definition) is 1. The van der Waals surface area contributed by atoms with E-state index < -0.39 is 37.1 Å². The van der Waals surface area contributed by atoms with Gasteiger partial charge in [0.25, 0.3) is 0 Å². The highest BCUT2D eigenvalue weighted by molar-refractivity contribution is 5.19. The molecule has 2 nitrogen and oxygen atoms in total. The van der Waals surface area contributed by atoms with Crippen LogP contribution in [0, 0.1) is 11.6 Å². The number of benzene rings is 1. The van der Waals surface area contributed by atoms with Crippen LogP contribution in [0.5, 0.6) is 0 Å². The van der Waals surface area contributed by atoms with Crippen LogP contribution in [0.2, 0.25) is 0 Å². The number of rotatable bonds is 4. The number of alkyl halides is 3. The maximum Gasteiger partial charge on any atom is 0.411 e. The quantitative estimate of drug-likeness (QED) is 0.839. The van der Waals surface area contributed by atoms with Crippen molar-refractivity contribution >= 4 is 0 Å². The summed E-state index contributed by atoms with van der Waals surface area (Å²) in [6, 6.07) is 2.55. The van der Waals surface area contributed by atoms with E-state index in [4.69, 9.17) is 0 Å². The number of ether oxygens (including phenoxy) is 1. The van der Waals surface area contributed by atoms with Gasteiger partial charge in [0.05, 0.1) is 6.61 Å². The third kappa shape index (κ3) is 4.66. The lowest BCUT2D eigenvalue weighted by Crippen LogP contribution is -2.19. The van der Waals surface area contributed by atoms with E-state index >= 15 is 0 Å². The van der Waals surface area contributed by atoms with Crippen molar-refractivity contribution < 1.29 is 31.8 Å². The molecular formula is C10H9F5O2. The lowest BCUT2D eigenvalue weighted by atomic mass is 10.1. The Morgan fingerprint density at radius 3 is 2.35 bits per heavy atom. The van der Waals surface area contributed by atoms with Crippen LogP contribution in [0.1, 0.15) is 11.7 Å². The maximum absolute atomic E-state index is 12.7. The van der Waals surface area contributed by atoms with E-state index in [0.717, 1.165) is 12.1 Å². The highest BCUT2D eigenvalue weighted by Crippen LogP contribution is 2.19. The Kier molecular flexibility index (Phi) is 4.41. The van der Waals surface area contributed by atoms with E-state index in [1.165, 1.54) is 0 Å². The third-order valence-electron chi connectivity index (χ3n) is 1.87. The molecule has 1 aromatic rings. The molecule has 1 rings (SSSR count). The van der Waals surface area contributed by atoms with Crippen LogP contribution in [0.25, 0.3) is 0 Å². The van der Waals surface area contributed by atoms with Crippen LogP contribution >= 0.6 is 0 Å². The molecule has 1 unspecified atom stereocenters. The van der Waals surface area contributed by atoms with Gasteiger partial charge in [-0.1, -0.05) is 6.07 Å². The molecule has 0 aliphatic carbocycles. The second kappa shape index (κ2) is 5.42. The topological polar surface area (TPSA) is 29.5 Å². The number of aliphatic hydroxyl groups excluding tert-OH is 1. The molecule has 0 radical (unpaired) electrons. The zero-order valence-electron chi connectivity index (χ0n) is 8.47. The third-order valence-corrected chi connectivity index (χ3v) is 1.87. The van der Waals surface area contributed by atoms with Crippen molar-refractivity contribution in [2.75, 3.05) is 13.2 Å². The Hall–Kier alpha value is -1.21. The van der Waals surface area contributed by atoms with Crippen molar-refractivity contribution in [3.8, 4) is 0 Å². The van der Waals surface area contributed by atoms with E-state index in [-0.39, 0.29) is 5.56 Å². The van der Waals surface area contributed by atoms with Crippen molar-refractivity contribution in [3.05, 3.63) is 35.4 Å². The first kappa shape index (κ1) is 13.9. The lowest BCUT2D eigenvalue weighted by Gasteiger charge is -2.13. The molecule has 0 heterocycles. The fourth-order valence-corrected chi connectivity index (χ4v) is 1.10. The molecule has 1 N–H and O–H groups in total. The Morgan fingerprint density at radius 2 is 1.82 bits per heavy atom. The van der Waals surface area contributed by atoms with Gasteiger partial charge in [-0.15, -0.1) is 0 Å². The summed E-state index contributed by atoms with van der Waals surface area (Å²) in [5.41, 5.74) is -0.0499. The molecule has 96 valence electrons. The first-order valence-corrected chi connectivity index (χ1v) is 4.57. The summed E-state index contributed by atoms with van der Waals surface area (Å²) in [7, 11) is 0. The molecule has 0 fully saturated rings. The Bertz CT molecular complexity index is 377. The number of aliphatic hydroxyl groups is 1. The maximum atomic E-state index is 12.7. The van der Waals surface area contributed by atoms with Crippen LogP contribution in [-0.4, -0.2) is 24.5 Å². The highest BCUT2D eigenvalue weighted by atomic mass is 19.4. The van der Waals surface area contributed by atoms with Gasteiger partial charge in [-0.3, -0.25) is 0 Å². The number of halogens is 5. The van der Waals surface area contributed by atoms with Crippen molar-refractivity contribution in [2.45, 2.75) is 12.3 Å². The van der Waals surface area contributed by atoms with E-state index in [9.17, 15) is 27.1 Å². The summed E-state index contributed by atoms with van der Waals surface area (Å²) in [6.45, 7) is -2.15. The molecule has 0 amide bonds. The minimum atomic E-state index is -4.49. The smallest absolute Gasteiger partial charge is 0.386 e. The van der Waals surface area contributed by atoms with Gasteiger partial charge in [-0.25, -0.2) is 8.78 Å². The van der Waals surface area contributed by atoms with Gasteiger partial charge >= 0.3 is 6.18 Å². The van der Waals surface area contributed by atoms with Gasteiger partial charge in [0.1, 0.15) is 12.7 Å². The van der Waals surface area contributed by atoms with Crippen molar-refractivity contribution in [2.24, 2.45) is 0 Å². The fourth-order valence-electron chi connectivity index (χ4n) is 1.10. The van der Waals surface area contributed by atoms with Gasteiger partial charge in [0.2, 0.25) is 0 Å². The molecule has 0 aromatic heterocycles. The molecule has 0 bridgehead atoms. The normalized spacial score (nSPS) is 13.8. The van der Waals surface area contributed by atoms with E-state index in [1.807, 2.05) is 0 Å². The molecule has 0 aliphatic rings. The zero-order chi connectivity index (χ0) is 13.1. The van der Waals surface area contributed by atoms with Gasteiger partial charge in [0.15, 0.2) is 11.6 Å². The van der Waals surface area contributed by atoms with Crippen molar-refractivity contribution in [1.29, 1.82) is 0 Å². The van der Waals surface area contributed by atoms with Gasteiger partial charge in [-0.05, 0) is 17.7 Å². The minimum absolute atomic E-state index is 0.0499. The minimum Gasteiger partial charge on any atom is -0.386 e. The van der Waals surface area contributed by atoms with E-state index in [2.05, 4.69) is 4.74 Å². The standard InChI is InChI=1S/C10H9F5O2/c11-7-2-1-6(3-8(7)12)9(16)4-17-5-10(13,14)15/h1-3,9,16H,4-5H2.